The van der Waals surface area contributed by atoms with Gasteiger partial charge in [-0.05, 0) is 23.3 Å². The van der Waals surface area contributed by atoms with Gasteiger partial charge < -0.3 is 20.5 Å². The van der Waals surface area contributed by atoms with Crippen LogP contribution in [-0.2, 0) is 22.7 Å². The normalized spacial score (nSPS) is 11.3. The summed E-state index contributed by atoms with van der Waals surface area (Å²) in [5, 5.41) is 2.87. The first-order chi connectivity index (χ1) is 11.7. The molecule has 1 unspecified atom stereocenters. The van der Waals surface area contributed by atoms with E-state index in [-0.39, 0.29) is 30.8 Å². The molecule has 2 aromatic carbocycles. The zero-order valence-corrected chi connectivity index (χ0v) is 15.1. The summed E-state index contributed by atoms with van der Waals surface area (Å²) in [5.74, 6) is 0.783. The molecular weight excluding hydrogens is 340 g/mol. The van der Waals surface area contributed by atoms with E-state index in [1.165, 1.54) is 0 Å². The number of benzene rings is 2. The van der Waals surface area contributed by atoms with Crippen LogP contribution in [0.2, 0.25) is 0 Å². The molecule has 0 saturated heterocycles. The van der Waals surface area contributed by atoms with E-state index in [1.807, 2.05) is 54.6 Å². The maximum atomic E-state index is 11.8. The lowest BCUT2D eigenvalue weighted by molar-refractivity contribution is -0.123. The maximum absolute atomic E-state index is 11.8. The molecule has 6 heteroatoms. The van der Waals surface area contributed by atoms with Gasteiger partial charge in [-0.15, -0.1) is 12.4 Å². The number of rotatable bonds is 9. The van der Waals surface area contributed by atoms with Gasteiger partial charge in [-0.2, -0.15) is 0 Å². The monoisotopic (exact) mass is 364 g/mol. The van der Waals surface area contributed by atoms with E-state index in [1.54, 1.807) is 7.11 Å². The van der Waals surface area contributed by atoms with Crippen molar-refractivity contribution in [3.63, 3.8) is 0 Å². The fraction of sp³-hybridized carbons (Fsp3) is 0.316. The Morgan fingerprint density at radius 2 is 1.72 bits per heavy atom. The summed E-state index contributed by atoms with van der Waals surface area (Å²) in [5.41, 5.74) is 7.62. The van der Waals surface area contributed by atoms with Crippen LogP contribution in [0.15, 0.2) is 54.6 Å². The molecule has 0 aliphatic heterocycles. The second kappa shape index (κ2) is 11.5. The Morgan fingerprint density at radius 3 is 2.32 bits per heavy atom. The molecule has 0 spiro atoms. The Kier molecular flexibility index (Phi) is 9.62. The van der Waals surface area contributed by atoms with Crippen molar-refractivity contribution < 1.29 is 14.3 Å². The molecule has 1 amide bonds. The van der Waals surface area contributed by atoms with Gasteiger partial charge in [-0.3, -0.25) is 4.79 Å². The zero-order valence-electron chi connectivity index (χ0n) is 14.3. The van der Waals surface area contributed by atoms with Crippen molar-refractivity contribution in [1.29, 1.82) is 0 Å². The Bertz CT molecular complexity index is 616. The first-order valence-electron chi connectivity index (χ1n) is 7.96. The van der Waals surface area contributed by atoms with Gasteiger partial charge in [-0.1, -0.05) is 42.5 Å². The van der Waals surface area contributed by atoms with E-state index >= 15 is 0 Å². The Hall–Kier alpha value is -2.08. The van der Waals surface area contributed by atoms with Crippen LogP contribution >= 0.6 is 12.4 Å². The average molecular weight is 365 g/mol. The van der Waals surface area contributed by atoms with E-state index in [0.717, 1.165) is 16.9 Å². The van der Waals surface area contributed by atoms with E-state index in [2.05, 4.69) is 5.32 Å². The van der Waals surface area contributed by atoms with Crippen molar-refractivity contribution in [3.05, 3.63) is 65.7 Å². The lowest BCUT2D eigenvalue weighted by Crippen LogP contribution is -2.31. The molecule has 25 heavy (non-hydrogen) atoms. The van der Waals surface area contributed by atoms with Crippen molar-refractivity contribution in [1.82, 2.24) is 5.32 Å². The van der Waals surface area contributed by atoms with Gasteiger partial charge in [-0.25, -0.2) is 0 Å². The fourth-order valence-electron chi connectivity index (χ4n) is 2.18. The summed E-state index contributed by atoms with van der Waals surface area (Å²) >= 11 is 0. The van der Waals surface area contributed by atoms with Crippen LogP contribution in [-0.4, -0.2) is 25.7 Å². The number of hydrogen-bond acceptors (Lipinski definition) is 4. The highest BCUT2D eigenvalue weighted by atomic mass is 35.5. The third kappa shape index (κ3) is 7.56. The van der Waals surface area contributed by atoms with Crippen LogP contribution < -0.4 is 15.8 Å². The van der Waals surface area contributed by atoms with Crippen molar-refractivity contribution in [3.8, 4) is 5.75 Å². The number of hydrogen-bond donors (Lipinski definition) is 2. The smallest absolute Gasteiger partial charge is 0.222 e. The molecular formula is C19H25ClN2O3. The summed E-state index contributed by atoms with van der Waals surface area (Å²) in [4.78, 5) is 11.8. The quantitative estimate of drug-likeness (QED) is 0.717. The van der Waals surface area contributed by atoms with Crippen molar-refractivity contribution in [2.45, 2.75) is 25.7 Å². The van der Waals surface area contributed by atoms with Crippen LogP contribution in [0.4, 0.5) is 0 Å². The number of halogens is 1. The maximum Gasteiger partial charge on any atom is 0.222 e. The van der Waals surface area contributed by atoms with Crippen LogP contribution in [0.3, 0.4) is 0 Å². The summed E-state index contributed by atoms with van der Waals surface area (Å²) in [7, 11) is 1.56. The predicted molar refractivity (Wildman–Crippen MR) is 101 cm³/mol. The molecule has 0 aliphatic carbocycles. The third-order valence-electron chi connectivity index (χ3n) is 3.67. The molecule has 2 aromatic rings. The second-order valence-corrected chi connectivity index (χ2v) is 5.49. The number of carbonyl (C=O) groups is 1. The summed E-state index contributed by atoms with van der Waals surface area (Å²) in [6.07, 6.45) is 0.0400. The first kappa shape index (κ1) is 21.0. The molecule has 136 valence electrons. The highest BCUT2D eigenvalue weighted by Gasteiger charge is 2.10. The standard InChI is InChI=1S/C19H24N2O3.ClH/c1-23-18(12-20)11-19(22)21-13-15-7-9-16(10-8-15)14-24-17-5-3-2-4-6-17;/h2-10,18H,11-14,20H2,1H3,(H,21,22);1H. The largest absolute Gasteiger partial charge is 0.489 e. The van der Waals surface area contributed by atoms with E-state index < -0.39 is 0 Å². The molecule has 0 fully saturated rings. The minimum Gasteiger partial charge on any atom is -0.489 e. The van der Waals surface area contributed by atoms with E-state index in [4.69, 9.17) is 15.2 Å². The minimum atomic E-state index is -0.234. The fourth-order valence-corrected chi connectivity index (χ4v) is 2.18. The lowest BCUT2D eigenvalue weighted by Gasteiger charge is -2.12. The Balaban J connectivity index is 0.00000312. The van der Waals surface area contributed by atoms with Gasteiger partial charge in [0.25, 0.3) is 0 Å². The summed E-state index contributed by atoms with van der Waals surface area (Å²) in [6.45, 7) is 1.34. The number of methoxy groups -OCH3 is 1. The van der Waals surface area contributed by atoms with Crippen LogP contribution in [0, 0.1) is 0 Å². The molecule has 0 saturated carbocycles. The number of ether oxygens (including phenoxy) is 2. The molecule has 5 nitrogen and oxygen atoms in total. The molecule has 0 bridgehead atoms. The first-order valence-corrected chi connectivity index (χ1v) is 7.96. The van der Waals surface area contributed by atoms with Crippen LogP contribution in [0.5, 0.6) is 5.75 Å². The highest BCUT2D eigenvalue weighted by Crippen LogP contribution is 2.12. The van der Waals surface area contributed by atoms with Crippen LogP contribution in [0.25, 0.3) is 0 Å². The molecule has 0 heterocycles. The van der Waals surface area contributed by atoms with Gasteiger partial charge in [0.1, 0.15) is 12.4 Å². The van der Waals surface area contributed by atoms with Gasteiger partial charge in [0.2, 0.25) is 5.91 Å². The van der Waals surface area contributed by atoms with E-state index in [9.17, 15) is 4.79 Å². The van der Waals surface area contributed by atoms with Gasteiger partial charge in [0, 0.05) is 20.2 Å². The lowest BCUT2D eigenvalue weighted by atomic mass is 10.1. The Labute approximate surface area is 154 Å². The predicted octanol–water partition coefficient (Wildman–Crippen LogP) is 2.67. The van der Waals surface area contributed by atoms with Crippen molar-refractivity contribution >= 4 is 18.3 Å². The molecule has 0 aromatic heterocycles. The van der Waals surface area contributed by atoms with Gasteiger partial charge in [0.05, 0.1) is 12.5 Å². The second-order valence-electron chi connectivity index (χ2n) is 5.49. The molecule has 3 N–H and O–H groups in total. The summed E-state index contributed by atoms with van der Waals surface area (Å²) in [6, 6.07) is 17.7. The zero-order chi connectivity index (χ0) is 17.2. The van der Waals surface area contributed by atoms with Crippen molar-refractivity contribution in [2.24, 2.45) is 5.73 Å². The van der Waals surface area contributed by atoms with Crippen molar-refractivity contribution in [2.75, 3.05) is 13.7 Å². The molecule has 2 rings (SSSR count). The van der Waals surface area contributed by atoms with Gasteiger partial charge >= 0.3 is 0 Å². The van der Waals surface area contributed by atoms with Crippen LogP contribution in [0.1, 0.15) is 17.5 Å². The number of nitrogens with two attached hydrogens (primary N) is 1. The van der Waals surface area contributed by atoms with Gasteiger partial charge in [0.15, 0.2) is 0 Å². The summed E-state index contributed by atoms with van der Waals surface area (Å²) < 4.78 is 10.8. The Morgan fingerprint density at radius 1 is 1.08 bits per heavy atom. The average Bonchev–Trinajstić information content (AvgIpc) is 2.64. The molecule has 0 aliphatic rings. The number of amides is 1. The topological polar surface area (TPSA) is 73.6 Å². The molecule has 0 radical (unpaired) electrons. The minimum absolute atomic E-state index is 0. The SMILES string of the molecule is COC(CN)CC(=O)NCc1ccc(COc2ccccc2)cc1.Cl. The number of carbonyl (C=O) groups excluding carboxylic acids is 1. The number of para-hydroxylation sites is 1. The molecule has 1 atom stereocenters. The third-order valence-corrected chi connectivity index (χ3v) is 3.67. The van der Waals surface area contributed by atoms with E-state index in [0.29, 0.717) is 19.7 Å². The number of nitrogens with one attached hydrogen (secondary N) is 1. The highest BCUT2D eigenvalue weighted by molar-refractivity contribution is 5.85.